The molecule has 1 heterocycles. The summed E-state index contributed by atoms with van der Waals surface area (Å²) in [5.41, 5.74) is 6.33. The molecule has 0 aliphatic rings. The van der Waals surface area contributed by atoms with Crippen LogP contribution in [0.25, 0.3) is 0 Å². The van der Waals surface area contributed by atoms with Crippen LogP contribution < -0.4 is 5.73 Å². The van der Waals surface area contributed by atoms with Gasteiger partial charge in [-0.05, 0) is 23.6 Å². The molecule has 9 heteroatoms. The van der Waals surface area contributed by atoms with Gasteiger partial charge >= 0.3 is 5.22 Å². The Hall–Kier alpha value is -1.15. The Kier molecular flexibility index (Phi) is 5.11. The van der Waals surface area contributed by atoms with Crippen LogP contribution in [0.2, 0.25) is 10.0 Å². The van der Waals surface area contributed by atoms with Crippen molar-refractivity contribution >= 4 is 33.0 Å². The van der Waals surface area contributed by atoms with Gasteiger partial charge in [-0.2, -0.15) is 0 Å². The lowest BCUT2D eigenvalue weighted by molar-refractivity contribution is 0.341. The molecule has 2 N–H and O–H groups in total. The number of hydrogen-bond acceptors (Lipinski definition) is 6. The highest BCUT2D eigenvalue weighted by Crippen LogP contribution is 2.25. The van der Waals surface area contributed by atoms with Crippen molar-refractivity contribution in [1.82, 2.24) is 10.2 Å². The first-order chi connectivity index (χ1) is 10.2. The molecule has 0 radical (unpaired) electrons. The summed E-state index contributed by atoms with van der Waals surface area (Å²) in [6.07, 6.45) is 0. The van der Waals surface area contributed by atoms with E-state index in [1.54, 1.807) is 6.07 Å². The average molecular weight is 364 g/mol. The Morgan fingerprint density at radius 1 is 1.23 bits per heavy atom. The Morgan fingerprint density at radius 2 is 1.91 bits per heavy atom. The molecule has 0 aliphatic carbocycles. The number of nitrogens with two attached hydrogens (primary N) is 1. The number of hydrogen-bond donors (Lipinski definition) is 1. The van der Waals surface area contributed by atoms with Gasteiger partial charge in [0.2, 0.25) is 15.7 Å². The Bertz CT molecular complexity index is 775. The first kappa shape index (κ1) is 17.2. The molecule has 2 rings (SSSR count). The molecule has 6 nitrogen and oxygen atoms in total. The summed E-state index contributed by atoms with van der Waals surface area (Å²) in [5.74, 6) is -0.170. The fraction of sp³-hybridized carbons (Fsp3) is 0.385. The van der Waals surface area contributed by atoms with Gasteiger partial charge in [0.05, 0.1) is 21.8 Å². The van der Waals surface area contributed by atoms with Crippen molar-refractivity contribution in [1.29, 1.82) is 0 Å². The Balaban J connectivity index is 2.25. The van der Waals surface area contributed by atoms with E-state index in [0.717, 1.165) is 0 Å². The number of benzene rings is 1. The van der Waals surface area contributed by atoms with Crippen molar-refractivity contribution in [2.24, 2.45) is 11.7 Å². The molecular weight excluding hydrogens is 349 g/mol. The van der Waals surface area contributed by atoms with Crippen LogP contribution in [0, 0.1) is 5.92 Å². The molecule has 22 heavy (non-hydrogen) atoms. The molecule has 0 saturated carbocycles. The molecule has 2 aromatic rings. The SMILES string of the molecule is CC(C)[C@H](N)c1nnc(S(=O)(=O)Cc2ccc(Cl)c(Cl)c2)o1. The summed E-state index contributed by atoms with van der Waals surface area (Å²) < 4.78 is 29.8. The maximum Gasteiger partial charge on any atom is 0.335 e. The fourth-order valence-electron chi connectivity index (χ4n) is 1.68. The maximum atomic E-state index is 12.3. The summed E-state index contributed by atoms with van der Waals surface area (Å²) >= 11 is 11.7. The molecule has 120 valence electrons. The molecule has 0 unspecified atom stereocenters. The third-order valence-corrected chi connectivity index (χ3v) is 5.18. The average Bonchev–Trinajstić information content (AvgIpc) is 2.92. The van der Waals surface area contributed by atoms with Gasteiger partial charge < -0.3 is 10.2 Å². The minimum atomic E-state index is -3.78. The Labute approximate surface area is 138 Å². The van der Waals surface area contributed by atoms with E-state index < -0.39 is 21.1 Å². The van der Waals surface area contributed by atoms with E-state index in [0.29, 0.717) is 10.6 Å². The highest BCUT2D eigenvalue weighted by atomic mass is 35.5. The summed E-state index contributed by atoms with van der Waals surface area (Å²) in [7, 11) is -3.78. The lowest BCUT2D eigenvalue weighted by Crippen LogP contribution is -2.17. The maximum absolute atomic E-state index is 12.3. The number of rotatable bonds is 5. The van der Waals surface area contributed by atoms with Crippen molar-refractivity contribution in [2.45, 2.75) is 30.9 Å². The van der Waals surface area contributed by atoms with Crippen LogP contribution in [0.3, 0.4) is 0 Å². The van der Waals surface area contributed by atoms with Crippen molar-refractivity contribution in [3.05, 3.63) is 39.7 Å². The molecule has 0 spiro atoms. The van der Waals surface area contributed by atoms with Crippen LogP contribution in [-0.4, -0.2) is 18.6 Å². The van der Waals surface area contributed by atoms with Gasteiger partial charge in [-0.1, -0.05) is 48.2 Å². The van der Waals surface area contributed by atoms with E-state index >= 15 is 0 Å². The van der Waals surface area contributed by atoms with Gasteiger partial charge in [0.25, 0.3) is 0 Å². The number of sulfone groups is 1. The van der Waals surface area contributed by atoms with E-state index in [9.17, 15) is 8.42 Å². The second-order valence-electron chi connectivity index (χ2n) is 5.18. The van der Waals surface area contributed by atoms with E-state index in [2.05, 4.69) is 10.2 Å². The topological polar surface area (TPSA) is 99.1 Å². The zero-order valence-corrected chi connectivity index (χ0v) is 14.3. The summed E-state index contributed by atoms with van der Waals surface area (Å²) in [6.45, 7) is 3.75. The smallest absolute Gasteiger partial charge is 0.335 e. The number of halogens is 2. The van der Waals surface area contributed by atoms with Gasteiger partial charge in [0, 0.05) is 0 Å². The largest absolute Gasteiger partial charge is 0.411 e. The van der Waals surface area contributed by atoms with Crippen LogP contribution in [0.5, 0.6) is 0 Å². The standard InChI is InChI=1S/C13H15Cl2N3O3S/c1-7(2)11(16)12-17-18-13(21-12)22(19,20)6-8-3-4-9(14)10(15)5-8/h3-5,7,11H,6,16H2,1-2H3/t11-/m0/s1. The fourth-order valence-corrected chi connectivity index (χ4v) is 3.12. The third-order valence-electron chi connectivity index (χ3n) is 3.03. The van der Waals surface area contributed by atoms with E-state index in [1.807, 2.05) is 13.8 Å². The summed E-state index contributed by atoms with van der Waals surface area (Å²) in [6, 6.07) is 4.07. The van der Waals surface area contributed by atoms with Crippen LogP contribution in [0.15, 0.2) is 27.8 Å². The normalized spacial score (nSPS) is 13.5. The molecule has 1 aromatic heterocycles. The van der Waals surface area contributed by atoms with Gasteiger partial charge in [0.1, 0.15) is 0 Å². The molecule has 1 aromatic carbocycles. The molecule has 0 aliphatic heterocycles. The lowest BCUT2D eigenvalue weighted by Gasteiger charge is -2.09. The second kappa shape index (κ2) is 6.54. The molecular formula is C13H15Cl2N3O3S. The minimum Gasteiger partial charge on any atom is -0.411 e. The van der Waals surface area contributed by atoms with Crippen molar-refractivity contribution < 1.29 is 12.8 Å². The van der Waals surface area contributed by atoms with Crippen molar-refractivity contribution in [3.8, 4) is 0 Å². The third kappa shape index (κ3) is 3.78. The first-order valence-corrected chi connectivity index (χ1v) is 8.87. The van der Waals surface area contributed by atoms with Crippen LogP contribution in [-0.2, 0) is 15.6 Å². The van der Waals surface area contributed by atoms with Crippen molar-refractivity contribution in [2.75, 3.05) is 0 Å². The minimum absolute atomic E-state index is 0.0473. The van der Waals surface area contributed by atoms with Crippen LogP contribution >= 0.6 is 23.2 Å². The van der Waals surface area contributed by atoms with Gasteiger partial charge in [-0.25, -0.2) is 8.42 Å². The number of aromatic nitrogens is 2. The predicted molar refractivity (Wildman–Crippen MR) is 83.4 cm³/mol. The lowest BCUT2D eigenvalue weighted by atomic mass is 10.1. The van der Waals surface area contributed by atoms with Crippen molar-refractivity contribution in [3.63, 3.8) is 0 Å². The van der Waals surface area contributed by atoms with E-state index in [4.69, 9.17) is 33.4 Å². The van der Waals surface area contributed by atoms with E-state index in [-0.39, 0.29) is 22.6 Å². The zero-order valence-electron chi connectivity index (χ0n) is 12.0. The molecule has 1 atom stereocenters. The molecule has 0 fully saturated rings. The molecule has 0 bridgehead atoms. The first-order valence-electron chi connectivity index (χ1n) is 6.46. The van der Waals surface area contributed by atoms with Gasteiger partial charge in [-0.15, -0.1) is 5.10 Å². The quantitative estimate of drug-likeness (QED) is 0.876. The monoisotopic (exact) mass is 363 g/mol. The van der Waals surface area contributed by atoms with Crippen LogP contribution in [0.4, 0.5) is 0 Å². The molecule has 0 saturated heterocycles. The van der Waals surface area contributed by atoms with E-state index in [1.165, 1.54) is 12.1 Å². The van der Waals surface area contributed by atoms with Gasteiger partial charge in [0.15, 0.2) is 0 Å². The summed E-state index contributed by atoms with van der Waals surface area (Å²) in [5, 5.41) is 7.47. The predicted octanol–water partition coefficient (Wildman–Crippen LogP) is 3.01. The number of nitrogens with zero attached hydrogens (tertiary/aromatic N) is 2. The second-order valence-corrected chi connectivity index (χ2v) is 7.87. The highest BCUT2D eigenvalue weighted by Gasteiger charge is 2.26. The Morgan fingerprint density at radius 3 is 2.50 bits per heavy atom. The zero-order chi connectivity index (χ0) is 16.5. The van der Waals surface area contributed by atoms with Crippen LogP contribution in [0.1, 0.15) is 31.3 Å². The highest BCUT2D eigenvalue weighted by molar-refractivity contribution is 7.90. The summed E-state index contributed by atoms with van der Waals surface area (Å²) in [4.78, 5) is 0. The van der Waals surface area contributed by atoms with Gasteiger partial charge in [-0.3, -0.25) is 0 Å². The molecule has 0 amide bonds.